The van der Waals surface area contributed by atoms with Crippen LogP contribution in [0.3, 0.4) is 0 Å². The summed E-state index contributed by atoms with van der Waals surface area (Å²) in [5.74, 6) is 5.70. The number of nitrogen functional groups attached to an aromatic ring is 1. The quantitative estimate of drug-likeness (QED) is 0.517. The molecule has 4 N–H and O–H groups in total. The Bertz CT molecular complexity index is 720. The number of hydrogen-bond donors (Lipinski definition) is 3. The van der Waals surface area contributed by atoms with Gasteiger partial charge in [-0.2, -0.15) is 0 Å². The normalized spacial score (nSPS) is 11.1. The highest BCUT2D eigenvalue weighted by atomic mass is 32.2. The van der Waals surface area contributed by atoms with Crippen molar-refractivity contribution in [1.82, 2.24) is 14.7 Å². The number of methoxy groups -OCH3 is 1. The molecule has 0 spiro atoms. The van der Waals surface area contributed by atoms with Crippen molar-refractivity contribution in [2.24, 2.45) is 5.84 Å². The molecule has 0 atom stereocenters. The van der Waals surface area contributed by atoms with Crippen molar-refractivity contribution in [2.75, 3.05) is 12.5 Å². The van der Waals surface area contributed by atoms with Crippen molar-refractivity contribution < 1.29 is 13.2 Å². The molecule has 112 valence electrons. The van der Waals surface area contributed by atoms with E-state index in [1.165, 1.54) is 25.6 Å². The average molecular weight is 309 g/mol. The predicted molar refractivity (Wildman–Crippen MR) is 76.9 cm³/mol. The number of nitrogens with one attached hydrogen (secondary N) is 2. The van der Waals surface area contributed by atoms with E-state index in [2.05, 4.69) is 20.1 Å². The maximum Gasteiger partial charge on any atom is 0.260 e. The van der Waals surface area contributed by atoms with Crippen LogP contribution in [0.5, 0.6) is 5.88 Å². The minimum atomic E-state index is -3.79. The van der Waals surface area contributed by atoms with Crippen LogP contribution in [-0.4, -0.2) is 25.5 Å². The number of sulfonamides is 1. The molecule has 2 aromatic rings. The van der Waals surface area contributed by atoms with E-state index in [0.29, 0.717) is 11.4 Å². The molecule has 0 amide bonds. The summed E-state index contributed by atoms with van der Waals surface area (Å²) in [6.45, 7) is 0.0851. The molecule has 0 saturated carbocycles. The van der Waals surface area contributed by atoms with Gasteiger partial charge in [-0.05, 0) is 23.8 Å². The second-order valence-corrected chi connectivity index (χ2v) is 5.71. The lowest BCUT2D eigenvalue weighted by atomic mass is 10.3. The van der Waals surface area contributed by atoms with E-state index in [1.54, 1.807) is 18.2 Å². The van der Waals surface area contributed by atoms with Crippen LogP contribution in [0.4, 0.5) is 5.69 Å². The standard InChI is InChI=1S/C12H15N5O3S/c1-20-11-7-9(4-6-14-11)8-16-21(18,19)12-10(17-13)3-2-5-15-12/h2-7,16-17H,8,13H2,1H3. The Balaban J connectivity index is 2.18. The van der Waals surface area contributed by atoms with Crippen LogP contribution in [-0.2, 0) is 16.6 Å². The van der Waals surface area contributed by atoms with Crippen molar-refractivity contribution in [1.29, 1.82) is 0 Å². The number of nitrogens with zero attached hydrogens (tertiary/aromatic N) is 2. The highest BCUT2D eigenvalue weighted by Gasteiger charge is 2.19. The van der Waals surface area contributed by atoms with Gasteiger partial charge >= 0.3 is 0 Å². The third-order valence-electron chi connectivity index (χ3n) is 2.66. The molecule has 2 rings (SSSR count). The van der Waals surface area contributed by atoms with Gasteiger partial charge in [0.1, 0.15) is 0 Å². The Kier molecular flexibility index (Phi) is 4.68. The molecular weight excluding hydrogens is 294 g/mol. The van der Waals surface area contributed by atoms with Gasteiger partial charge in [-0.25, -0.2) is 23.1 Å². The van der Waals surface area contributed by atoms with E-state index in [9.17, 15) is 8.42 Å². The summed E-state index contributed by atoms with van der Waals surface area (Å²) in [5, 5.41) is -0.159. The van der Waals surface area contributed by atoms with Crippen molar-refractivity contribution in [3.05, 3.63) is 42.2 Å². The van der Waals surface area contributed by atoms with Crippen LogP contribution in [0.15, 0.2) is 41.7 Å². The molecule has 0 aromatic carbocycles. The van der Waals surface area contributed by atoms with Gasteiger partial charge < -0.3 is 10.2 Å². The Morgan fingerprint density at radius 3 is 2.81 bits per heavy atom. The van der Waals surface area contributed by atoms with Gasteiger partial charge in [0.15, 0.2) is 5.03 Å². The second kappa shape index (κ2) is 6.48. The fourth-order valence-corrected chi connectivity index (χ4v) is 2.74. The summed E-state index contributed by atoms with van der Waals surface area (Å²) in [5.41, 5.74) is 3.24. The molecular formula is C12H15N5O3S. The van der Waals surface area contributed by atoms with Gasteiger partial charge in [-0.1, -0.05) is 0 Å². The lowest BCUT2D eigenvalue weighted by Gasteiger charge is -2.10. The van der Waals surface area contributed by atoms with Crippen LogP contribution in [0.1, 0.15) is 5.56 Å². The van der Waals surface area contributed by atoms with Crippen LogP contribution < -0.4 is 20.7 Å². The van der Waals surface area contributed by atoms with Crippen molar-refractivity contribution in [3.8, 4) is 5.88 Å². The lowest BCUT2D eigenvalue weighted by Crippen LogP contribution is -2.26. The number of hydrogen-bond acceptors (Lipinski definition) is 7. The first-order valence-electron chi connectivity index (χ1n) is 5.97. The summed E-state index contributed by atoms with van der Waals surface area (Å²) in [7, 11) is -2.30. The van der Waals surface area contributed by atoms with Crippen molar-refractivity contribution in [2.45, 2.75) is 11.6 Å². The Morgan fingerprint density at radius 1 is 1.29 bits per heavy atom. The van der Waals surface area contributed by atoms with Crippen LogP contribution in [0, 0.1) is 0 Å². The fraction of sp³-hybridized carbons (Fsp3) is 0.167. The number of rotatable bonds is 6. The molecule has 8 nitrogen and oxygen atoms in total. The zero-order chi connectivity index (χ0) is 15.3. The van der Waals surface area contributed by atoms with Gasteiger partial charge in [-0.15, -0.1) is 0 Å². The van der Waals surface area contributed by atoms with Crippen molar-refractivity contribution in [3.63, 3.8) is 0 Å². The first-order chi connectivity index (χ1) is 10.1. The molecule has 0 radical (unpaired) electrons. The van der Waals surface area contributed by atoms with E-state index in [0.717, 1.165) is 0 Å². The van der Waals surface area contributed by atoms with Gasteiger partial charge in [-0.3, -0.25) is 5.84 Å². The zero-order valence-corrected chi connectivity index (χ0v) is 12.1. The summed E-state index contributed by atoms with van der Waals surface area (Å²) >= 11 is 0. The molecule has 0 aliphatic rings. The average Bonchev–Trinajstić information content (AvgIpc) is 2.53. The Morgan fingerprint density at radius 2 is 2.10 bits per heavy atom. The monoisotopic (exact) mass is 309 g/mol. The van der Waals surface area contributed by atoms with Gasteiger partial charge in [0.25, 0.3) is 10.0 Å². The molecule has 2 heterocycles. The Hall–Kier alpha value is -2.23. The summed E-state index contributed by atoms with van der Waals surface area (Å²) in [6.07, 6.45) is 2.92. The van der Waals surface area contributed by atoms with Crippen LogP contribution in [0.2, 0.25) is 0 Å². The van der Waals surface area contributed by atoms with Gasteiger partial charge in [0, 0.05) is 25.0 Å². The van der Waals surface area contributed by atoms with Crippen molar-refractivity contribution >= 4 is 15.7 Å². The summed E-state index contributed by atoms with van der Waals surface area (Å²) < 4.78 is 31.9. The predicted octanol–water partition coefficient (Wildman–Crippen LogP) is 0.249. The highest BCUT2D eigenvalue weighted by Crippen LogP contribution is 2.17. The molecule has 0 aliphatic carbocycles. The molecule has 0 fully saturated rings. The van der Waals surface area contributed by atoms with E-state index >= 15 is 0 Å². The highest BCUT2D eigenvalue weighted by molar-refractivity contribution is 7.89. The smallest absolute Gasteiger partial charge is 0.260 e. The first-order valence-corrected chi connectivity index (χ1v) is 7.45. The number of ether oxygens (including phenoxy) is 1. The van der Waals surface area contributed by atoms with Crippen LogP contribution in [0.25, 0.3) is 0 Å². The number of hydrazine groups is 1. The number of anilines is 1. The van der Waals surface area contributed by atoms with Crippen LogP contribution >= 0.6 is 0 Å². The molecule has 9 heteroatoms. The van der Waals surface area contributed by atoms with E-state index in [1.807, 2.05) is 0 Å². The Labute approximate surface area is 122 Å². The number of pyridine rings is 2. The SMILES string of the molecule is COc1cc(CNS(=O)(=O)c2ncccc2NN)ccn1. The third kappa shape index (κ3) is 3.66. The number of nitrogens with two attached hydrogens (primary N) is 1. The fourth-order valence-electron chi connectivity index (χ4n) is 1.63. The molecule has 0 unspecified atom stereocenters. The maximum atomic E-state index is 12.2. The first kappa shape index (κ1) is 15.2. The summed E-state index contributed by atoms with van der Waals surface area (Å²) in [4.78, 5) is 7.79. The van der Waals surface area contributed by atoms with E-state index < -0.39 is 10.0 Å². The van der Waals surface area contributed by atoms with E-state index in [4.69, 9.17) is 10.6 Å². The maximum absolute atomic E-state index is 12.2. The molecule has 0 saturated heterocycles. The third-order valence-corrected chi connectivity index (χ3v) is 4.01. The zero-order valence-electron chi connectivity index (χ0n) is 11.3. The summed E-state index contributed by atoms with van der Waals surface area (Å²) in [6, 6.07) is 6.44. The molecule has 21 heavy (non-hydrogen) atoms. The van der Waals surface area contributed by atoms with E-state index in [-0.39, 0.29) is 17.3 Å². The van der Waals surface area contributed by atoms with Gasteiger partial charge in [0.2, 0.25) is 5.88 Å². The molecule has 2 aromatic heterocycles. The largest absolute Gasteiger partial charge is 0.481 e. The molecule has 0 aliphatic heterocycles. The lowest BCUT2D eigenvalue weighted by molar-refractivity contribution is 0.397. The topological polar surface area (TPSA) is 119 Å². The second-order valence-electron chi connectivity index (χ2n) is 4.03. The number of aromatic nitrogens is 2. The minimum absolute atomic E-state index is 0.0851. The minimum Gasteiger partial charge on any atom is -0.481 e. The molecule has 0 bridgehead atoms. The van der Waals surface area contributed by atoms with Gasteiger partial charge in [0.05, 0.1) is 12.8 Å².